The summed E-state index contributed by atoms with van der Waals surface area (Å²) in [4.78, 5) is 12.3. The second kappa shape index (κ2) is 9.16. The Morgan fingerprint density at radius 3 is 2.70 bits per heavy atom. The molecule has 0 fully saturated rings. The molecule has 0 atom stereocenters. The molecule has 3 rings (SSSR count). The molecule has 0 aliphatic heterocycles. The van der Waals surface area contributed by atoms with Gasteiger partial charge in [-0.15, -0.1) is 5.10 Å². The lowest BCUT2D eigenvalue weighted by molar-refractivity contribution is -0.153. The molecule has 1 amide bonds. The van der Waals surface area contributed by atoms with E-state index in [2.05, 4.69) is 20.8 Å². The number of para-hydroxylation sites is 2. The monoisotopic (exact) mass is 437 g/mol. The lowest BCUT2D eigenvalue weighted by Gasteiger charge is -2.13. The number of benzene rings is 2. The molecule has 0 aliphatic carbocycles. The van der Waals surface area contributed by atoms with Gasteiger partial charge in [0.05, 0.1) is 17.1 Å². The van der Waals surface area contributed by atoms with Crippen molar-refractivity contribution >= 4 is 23.4 Å². The Bertz CT molecular complexity index is 1040. The summed E-state index contributed by atoms with van der Waals surface area (Å²) >= 11 is 1.11. The molecular formula is C19H18F3N5O2S. The van der Waals surface area contributed by atoms with Crippen LogP contribution in [0.5, 0.6) is 5.75 Å². The van der Waals surface area contributed by atoms with Crippen molar-refractivity contribution in [1.82, 2.24) is 20.2 Å². The molecular weight excluding hydrogens is 419 g/mol. The third-order valence-electron chi connectivity index (χ3n) is 4.13. The fraction of sp³-hybridized carbons (Fsp3) is 0.263. The predicted octanol–water partition coefficient (Wildman–Crippen LogP) is 3.95. The van der Waals surface area contributed by atoms with Crippen molar-refractivity contribution in [2.24, 2.45) is 0 Å². The van der Waals surface area contributed by atoms with E-state index in [1.807, 2.05) is 32.0 Å². The van der Waals surface area contributed by atoms with Crippen LogP contribution >= 0.6 is 11.8 Å². The average Bonchev–Trinajstić information content (AvgIpc) is 3.15. The number of aryl methyl sites for hydroxylation is 1. The Balaban J connectivity index is 1.66. The van der Waals surface area contributed by atoms with E-state index in [1.165, 1.54) is 18.2 Å². The number of ether oxygens (including phenoxy) is 1. The number of nitrogens with zero attached hydrogens (tertiary/aromatic N) is 4. The molecule has 1 aromatic heterocycles. The first kappa shape index (κ1) is 21.6. The van der Waals surface area contributed by atoms with Crippen molar-refractivity contribution in [3.05, 3.63) is 53.6 Å². The number of carbonyl (C=O) groups excluding carboxylic acids is 1. The number of halogens is 3. The van der Waals surface area contributed by atoms with E-state index in [-0.39, 0.29) is 17.2 Å². The van der Waals surface area contributed by atoms with E-state index in [4.69, 9.17) is 4.74 Å². The summed E-state index contributed by atoms with van der Waals surface area (Å²) in [5.41, 5.74) is 3.04. The zero-order valence-electron chi connectivity index (χ0n) is 16.1. The first-order valence-corrected chi connectivity index (χ1v) is 9.79. The van der Waals surface area contributed by atoms with Gasteiger partial charge in [0, 0.05) is 0 Å². The van der Waals surface area contributed by atoms with Gasteiger partial charge in [0.15, 0.2) is 6.61 Å². The minimum Gasteiger partial charge on any atom is -0.482 e. The highest BCUT2D eigenvalue weighted by atomic mass is 32.2. The number of hydrogen-bond donors (Lipinski definition) is 1. The molecule has 0 saturated heterocycles. The van der Waals surface area contributed by atoms with Crippen LogP contribution in [0.15, 0.2) is 47.6 Å². The number of hydrogen-bond acceptors (Lipinski definition) is 6. The Labute approximate surface area is 174 Å². The summed E-state index contributed by atoms with van der Waals surface area (Å²) in [5, 5.41) is 14.6. The second-order valence-corrected chi connectivity index (χ2v) is 7.27. The fourth-order valence-electron chi connectivity index (χ4n) is 2.56. The van der Waals surface area contributed by atoms with E-state index >= 15 is 0 Å². The largest absolute Gasteiger partial charge is 0.482 e. The van der Waals surface area contributed by atoms with Crippen molar-refractivity contribution < 1.29 is 22.7 Å². The maximum Gasteiger partial charge on any atom is 0.422 e. The smallest absolute Gasteiger partial charge is 0.422 e. The van der Waals surface area contributed by atoms with E-state index in [0.717, 1.165) is 28.6 Å². The van der Waals surface area contributed by atoms with Gasteiger partial charge in [-0.2, -0.15) is 17.9 Å². The SMILES string of the molecule is Cc1cccc(-n2nnnc2SCC(=O)Nc2ccccc2OCC(F)(F)F)c1C. The second-order valence-electron chi connectivity index (χ2n) is 6.33. The number of thioether (sulfide) groups is 1. The molecule has 2 aromatic carbocycles. The first-order valence-electron chi connectivity index (χ1n) is 8.81. The van der Waals surface area contributed by atoms with Crippen LogP contribution in [0.3, 0.4) is 0 Å². The first-order chi connectivity index (χ1) is 14.2. The van der Waals surface area contributed by atoms with E-state index in [0.29, 0.717) is 5.16 Å². The number of alkyl halides is 3. The van der Waals surface area contributed by atoms with Crippen LogP contribution < -0.4 is 10.1 Å². The Morgan fingerprint density at radius 1 is 1.17 bits per heavy atom. The molecule has 3 aromatic rings. The number of aromatic nitrogens is 4. The molecule has 158 valence electrons. The third kappa shape index (κ3) is 5.50. The van der Waals surface area contributed by atoms with Gasteiger partial charge in [0.1, 0.15) is 5.75 Å². The molecule has 0 saturated carbocycles. The van der Waals surface area contributed by atoms with Gasteiger partial charge in [-0.1, -0.05) is 36.0 Å². The zero-order valence-corrected chi connectivity index (χ0v) is 16.9. The minimum atomic E-state index is -4.47. The van der Waals surface area contributed by atoms with Gasteiger partial charge in [0.2, 0.25) is 11.1 Å². The lowest BCUT2D eigenvalue weighted by Crippen LogP contribution is -2.20. The molecule has 1 N–H and O–H groups in total. The molecule has 11 heteroatoms. The molecule has 7 nitrogen and oxygen atoms in total. The Hall–Kier alpha value is -3.08. The van der Waals surface area contributed by atoms with Crippen molar-refractivity contribution in [3.8, 4) is 11.4 Å². The van der Waals surface area contributed by atoms with Crippen molar-refractivity contribution in [2.75, 3.05) is 17.7 Å². The van der Waals surface area contributed by atoms with Crippen molar-refractivity contribution in [1.29, 1.82) is 0 Å². The van der Waals surface area contributed by atoms with Crippen LogP contribution in [0.2, 0.25) is 0 Å². The maximum atomic E-state index is 12.4. The van der Waals surface area contributed by atoms with E-state index < -0.39 is 18.7 Å². The molecule has 1 heterocycles. The summed E-state index contributed by atoms with van der Waals surface area (Å²) in [7, 11) is 0. The average molecular weight is 437 g/mol. The summed E-state index contributed by atoms with van der Waals surface area (Å²) < 4.78 is 43.5. The number of anilines is 1. The standard InChI is InChI=1S/C19H18F3N5O2S/c1-12-6-5-8-15(13(12)2)27-18(24-25-26-27)30-10-17(28)23-14-7-3-4-9-16(14)29-11-19(20,21)22/h3-9H,10-11H2,1-2H3,(H,23,28). The fourth-order valence-corrected chi connectivity index (χ4v) is 3.24. The number of nitrogens with one attached hydrogen (secondary N) is 1. The number of carbonyl (C=O) groups is 1. The van der Waals surface area contributed by atoms with Gasteiger partial charge in [-0.3, -0.25) is 4.79 Å². The Morgan fingerprint density at radius 2 is 1.93 bits per heavy atom. The van der Waals surface area contributed by atoms with Crippen LogP contribution in [0.25, 0.3) is 5.69 Å². The predicted molar refractivity (Wildman–Crippen MR) is 106 cm³/mol. The summed E-state index contributed by atoms with van der Waals surface area (Å²) in [6.45, 7) is 2.48. The highest BCUT2D eigenvalue weighted by molar-refractivity contribution is 7.99. The van der Waals surface area contributed by atoms with E-state index in [1.54, 1.807) is 10.7 Å². The summed E-state index contributed by atoms with van der Waals surface area (Å²) in [6, 6.07) is 11.7. The molecule has 30 heavy (non-hydrogen) atoms. The van der Waals surface area contributed by atoms with Gasteiger partial charge in [-0.05, 0) is 53.6 Å². The van der Waals surface area contributed by atoms with Crippen LogP contribution in [0.4, 0.5) is 18.9 Å². The topological polar surface area (TPSA) is 81.9 Å². The quantitative estimate of drug-likeness (QED) is 0.564. The number of tetrazole rings is 1. The maximum absolute atomic E-state index is 12.4. The van der Waals surface area contributed by atoms with Crippen LogP contribution in [-0.4, -0.2) is 44.7 Å². The Kier molecular flexibility index (Phi) is 6.60. The highest BCUT2D eigenvalue weighted by Gasteiger charge is 2.29. The number of rotatable bonds is 7. The van der Waals surface area contributed by atoms with Crippen LogP contribution in [0.1, 0.15) is 11.1 Å². The number of amides is 1. The molecule has 0 spiro atoms. The van der Waals surface area contributed by atoms with Crippen molar-refractivity contribution in [2.45, 2.75) is 25.2 Å². The van der Waals surface area contributed by atoms with Gasteiger partial charge in [0.25, 0.3) is 0 Å². The van der Waals surface area contributed by atoms with E-state index in [9.17, 15) is 18.0 Å². The van der Waals surface area contributed by atoms with Gasteiger partial charge >= 0.3 is 6.18 Å². The minimum absolute atomic E-state index is 0.0428. The third-order valence-corrected chi connectivity index (χ3v) is 5.05. The summed E-state index contributed by atoms with van der Waals surface area (Å²) in [5.74, 6) is -0.536. The van der Waals surface area contributed by atoms with Gasteiger partial charge in [-0.25, -0.2) is 0 Å². The molecule has 0 aliphatic rings. The lowest BCUT2D eigenvalue weighted by atomic mass is 10.1. The normalized spacial score (nSPS) is 11.4. The summed E-state index contributed by atoms with van der Waals surface area (Å²) in [6.07, 6.45) is -4.47. The van der Waals surface area contributed by atoms with Crippen LogP contribution in [0, 0.1) is 13.8 Å². The molecule has 0 unspecified atom stereocenters. The van der Waals surface area contributed by atoms with Crippen molar-refractivity contribution in [3.63, 3.8) is 0 Å². The zero-order chi connectivity index (χ0) is 21.7. The molecule has 0 radical (unpaired) electrons. The highest BCUT2D eigenvalue weighted by Crippen LogP contribution is 2.27. The van der Waals surface area contributed by atoms with Gasteiger partial charge < -0.3 is 10.1 Å². The molecule has 0 bridgehead atoms. The van der Waals surface area contributed by atoms with Crippen LogP contribution in [-0.2, 0) is 4.79 Å².